The average molecular weight is 437 g/mol. The van der Waals surface area contributed by atoms with Crippen LogP contribution in [0.4, 0.5) is 11.4 Å². The highest BCUT2D eigenvalue weighted by atomic mass is 32.2. The maximum atomic E-state index is 12.6. The Labute approximate surface area is 185 Å². The predicted molar refractivity (Wildman–Crippen MR) is 122 cm³/mol. The highest BCUT2D eigenvalue weighted by Crippen LogP contribution is 2.39. The number of para-hydroxylation sites is 1. The summed E-state index contributed by atoms with van der Waals surface area (Å²) in [6.07, 6.45) is 0.887. The van der Waals surface area contributed by atoms with Crippen LogP contribution in [0.5, 0.6) is 5.75 Å². The Bertz CT molecular complexity index is 1080. The molecule has 0 aliphatic carbocycles. The molecule has 7 nitrogen and oxygen atoms in total. The van der Waals surface area contributed by atoms with Crippen molar-refractivity contribution < 1.29 is 14.3 Å². The fraction of sp³-hybridized carbons (Fsp3) is 0.261. The molecule has 0 radical (unpaired) electrons. The van der Waals surface area contributed by atoms with Crippen molar-refractivity contribution >= 4 is 35.0 Å². The van der Waals surface area contributed by atoms with Gasteiger partial charge in [0.1, 0.15) is 10.8 Å². The van der Waals surface area contributed by atoms with E-state index in [4.69, 9.17) is 4.74 Å². The van der Waals surface area contributed by atoms with Gasteiger partial charge in [-0.1, -0.05) is 30.0 Å². The molecule has 1 aliphatic heterocycles. The van der Waals surface area contributed by atoms with E-state index < -0.39 is 0 Å². The van der Waals surface area contributed by atoms with Gasteiger partial charge in [-0.2, -0.15) is 5.10 Å². The van der Waals surface area contributed by atoms with Crippen molar-refractivity contribution in [1.29, 1.82) is 0 Å². The maximum absolute atomic E-state index is 12.6. The van der Waals surface area contributed by atoms with Gasteiger partial charge in [-0.05, 0) is 49.7 Å². The summed E-state index contributed by atoms with van der Waals surface area (Å²) < 4.78 is 7.02. The Morgan fingerprint density at radius 1 is 1.16 bits per heavy atom. The van der Waals surface area contributed by atoms with Gasteiger partial charge in [0, 0.05) is 18.7 Å². The molecule has 31 heavy (non-hydrogen) atoms. The molecule has 0 spiro atoms. The summed E-state index contributed by atoms with van der Waals surface area (Å²) in [5.74, 6) is 1.06. The van der Waals surface area contributed by atoms with E-state index in [0.717, 1.165) is 33.5 Å². The van der Waals surface area contributed by atoms with Crippen LogP contribution < -0.4 is 15.0 Å². The second-order valence-corrected chi connectivity index (χ2v) is 8.16. The molecule has 3 aromatic rings. The number of ether oxygens (including phenoxy) is 1. The van der Waals surface area contributed by atoms with Crippen LogP contribution in [0.2, 0.25) is 0 Å². The number of amides is 2. The summed E-state index contributed by atoms with van der Waals surface area (Å²) >= 11 is 1.51. The largest absolute Gasteiger partial charge is 0.497 e. The molecule has 2 heterocycles. The number of nitrogens with zero attached hydrogens (tertiary/aromatic N) is 3. The number of methoxy groups -OCH3 is 1. The first-order chi connectivity index (χ1) is 15.1. The first-order valence-corrected chi connectivity index (χ1v) is 11.1. The summed E-state index contributed by atoms with van der Waals surface area (Å²) in [5.41, 5.74) is 3.34. The van der Waals surface area contributed by atoms with Crippen LogP contribution in [-0.2, 0) is 9.59 Å². The van der Waals surface area contributed by atoms with Crippen LogP contribution in [0.3, 0.4) is 0 Å². The summed E-state index contributed by atoms with van der Waals surface area (Å²) in [4.78, 5) is 26.7. The van der Waals surface area contributed by atoms with Crippen molar-refractivity contribution in [2.24, 2.45) is 0 Å². The second-order valence-electron chi connectivity index (χ2n) is 7.20. The molecule has 2 aromatic carbocycles. The molecular formula is C23H24N4O3S. The summed E-state index contributed by atoms with van der Waals surface area (Å²) in [6, 6.07) is 17.1. The average Bonchev–Trinajstić information content (AvgIpc) is 3.13. The number of benzene rings is 2. The summed E-state index contributed by atoms with van der Waals surface area (Å²) in [6.45, 7) is 2.39. The minimum atomic E-state index is -0.0825. The molecule has 0 fully saturated rings. The minimum Gasteiger partial charge on any atom is -0.497 e. The van der Waals surface area contributed by atoms with Crippen LogP contribution in [0.1, 0.15) is 18.5 Å². The van der Waals surface area contributed by atoms with Crippen molar-refractivity contribution in [1.82, 2.24) is 9.78 Å². The Morgan fingerprint density at radius 2 is 1.90 bits per heavy atom. The van der Waals surface area contributed by atoms with Crippen LogP contribution in [0.15, 0.2) is 59.6 Å². The van der Waals surface area contributed by atoms with Crippen molar-refractivity contribution in [3.8, 4) is 11.4 Å². The molecule has 0 atom stereocenters. The third-order valence-corrected chi connectivity index (χ3v) is 6.08. The number of rotatable bonds is 7. The maximum Gasteiger partial charge on any atom is 0.237 e. The molecule has 4 rings (SSSR count). The summed E-state index contributed by atoms with van der Waals surface area (Å²) in [5, 5.41) is 8.52. The van der Waals surface area contributed by atoms with E-state index in [2.05, 4.69) is 10.4 Å². The van der Waals surface area contributed by atoms with Crippen molar-refractivity contribution in [3.05, 3.63) is 60.3 Å². The molecule has 160 valence electrons. The first kappa shape index (κ1) is 21.0. The van der Waals surface area contributed by atoms with Gasteiger partial charge in [-0.3, -0.25) is 9.59 Å². The number of fused-ring (bicyclic) bond motifs is 1. The van der Waals surface area contributed by atoms with Gasteiger partial charge in [0.25, 0.3) is 0 Å². The number of aromatic nitrogens is 2. The zero-order valence-electron chi connectivity index (χ0n) is 17.5. The monoisotopic (exact) mass is 436 g/mol. The number of carbonyl (C=O) groups excluding carboxylic acids is 2. The zero-order chi connectivity index (χ0) is 21.8. The topological polar surface area (TPSA) is 76.5 Å². The SMILES string of the molecule is COc1ccc(NC(=O)CCCN2C(=O)CSc3c2c(C)nn3-c2ccccc2)cc1. The van der Waals surface area contributed by atoms with Gasteiger partial charge in [0.05, 0.1) is 29.9 Å². The second kappa shape index (κ2) is 9.26. The van der Waals surface area contributed by atoms with Crippen LogP contribution >= 0.6 is 11.8 Å². The van der Waals surface area contributed by atoms with Crippen LogP contribution in [0.25, 0.3) is 5.69 Å². The van der Waals surface area contributed by atoms with Gasteiger partial charge < -0.3 is 15.0 Å². The lowest BCUT2D eigenvalue weighted by atomic mass is 10.2. The molecule has 0 bridgehead atoms. The number of hydrogen-bond donors (Lipinski definition) is 1. The van der Waals surface area contributed by atoms with E-state index in [-0.39, 0.29) is 11.8 Å². The van der Waals surface area contributed by atoms with Gasteiger partial charge >= 0.3 is 0 Å². The Morgan fingerprint density at radius 3 is 2.61 bits per heavy atom. The molecular weight excluding hydrogens is 412 g/mol. The Kier molecular flexibility index (Phi) is 6.27. The molecule has 1 aromatic heterocycles. The van der Waals surface area contributed by atoms with Crippen molar-refractivity contribution in [3.63, 3.8) is 0 Å². The number of carbonyl (C=O) groups is 2. The lowest BCUT2D eigenvalue weighted by Gasteiger charge is -2.27. The standard InChI is InChI=1S/C23H24N4O3S/c1-16-22-23(27(25-16)18-7-4-3-5-8-18)31-15-21(29)26(22)14-6-9-20(28)24-17-10-12-19(30-2)13-11-17/h3-5,7-8,10-13H,6,9,14-15H2,1-2H3,(H,24,28). The normalized spacial score (nSPS) is 13.1. The fourth-order valence-electron chi connectivity index (χ4n) is 3.55. The van der Waals surface area contributed by atoms with E-state index in [9.17, 15) is 9.59 Å². The number of thioether (sulfide) groups is 1. The van der Waals surface area contributed by atoms with Gasteiger partial charge in [-0.25, -0.2) is 4.68 Å². The quantitative estimate of drug-likeness (QED) is 0.605. The van der Waals surface area contributed by atoms with Crippen LogP contribution in [-0.4, -0.2) is 41.0 Å². The van der Waals surface area contributed by atoms with Crippen molar-refractivity contribution in [2.75, 3.05) is 29.6 Å². The third kappa shape index (κ3) is 4.59. The first-order valence-electron chi connectivity index (χ1n) is 10.1. The van der Waals surface area contributed by atoms with Gasteiger partial charge in [0.2, 0.25) is 11.8 Å². The Balaban J connectivity index is 1.42. The third-order valence-electron chi connectivity index (χ3n) is 5.05. The highest BCUT2D eigenvalue weighted by Gasteiger charge is 2.31. The molecule has 0 saturated heterocycles. The van der Waals surface area contributed by atoms with Crippen LogP contribution in [0, 0.1) is 6.92 Å². The fourth-order valence-corrected chi connectivity index (χ4v) is 4.63. The zero-order valence-corrected chi connectivity index (χ0v) is 18.3. The van der Waals surface area contributed by atoms with E-state index in [1.807, 2.05) is 41.9 Å². The molecule has 1 N–H and O–H groups in total. The molecule has 0 unspecified atom stereocenters. The van der Waals surface area contributed by atoms with Gasteiger partial charge in [0.15, 0.2) is 0 Å². The lowest BCUT2D eigenvalue weighted by molar-refractivity contribution is -0.117. The van der Waals surface area contributed by atoms with E-state index in [0.29, 0.717) is 25.1 Å². The Hall–Kier alpha value is -3.26. The molecule has 2 amide bonds. The van der Waals surface area contributed by atoms with Crippen molar-refractivity contribution in [2.45, 2.75) is 24.8 Å². The lowest BCUT2D eigenvalue weighted by Crippen LogP contribution is -2.36. The number of aryl methyl sites for hydroxylation is 1. The smallest absolute Gasteiger partial charge is 0.237 e. The van der Waals surface area contributed by atoms with Gasteiger partial charge in [-0.15, -0.1) is 0 Å². The van der Waals surface area contributed by atoms with E-state index in [1.54, 1.807) is 36.3 Å². The van der Waals surface area contributed by atoms with E-state index in [1.165, 1.54) is 11.8 Å². The molecule has 1 aliphatic rings. The summed E-state index contributed by atoms with van der Waals surface area (Å²) in [7, 11) is 1.60. The highest BCUT2D eigenvalue weighted by molar-refractivity contribution is 8.00. The van der Waals surface area contributed by atoms with E-state index >= 15 is 0 Å². The minimum absolute atomic E-state index is 0.0452. The molecule has 0 saturated carbocycles. The number of anilines is 2. The predicted octanol–water partition coefficient (Wildman–Crippen LogP) is 4.05. The number of nitrogens with one attached hydrogen (secondary N) is 1. The number of hydrogen-bond acceptors (Lipinski definition) is 5. The molecule has 8 heteroatoms.